The van der Waals surface area contributed by atoms with Crippen molar-refractivity contribution >= 4 is 12.4 Å². The second-order valence-electron chi connectivity index (χ2n) is 4.46. The van der Waals surface area contributed by atoms with Crippen LogP contribution in [0.3, 0.4) is 0 Å². The van der Waals surface area contributed by atoms with Crippen LogP contribution < -0.4 is 5.73 Å². The number of anilines is 1. The van der Waals surface area contributed by atoms with Crippen LogP contribution in [0, 0.1) is 17.0 Å². The van der Waals surface area contributed by atoms with Gasteiger partial charge in [-0.15, -0.1) is 0 Å². The molecule has 1 fully saturated rings. The van der Waals surface area contributed by atoms with Crippen LogP contribution in [0.25, 0.3) is 0 Å². The van der Waals surface area contributed by atoms with Crippen molar-refractivity contribution < 1.29 is 4.39 Å². The summed E-state index contributed by atoms with van der Waals surface area (Å²) in [7, 11) is 0. The molecule has 2 rings (SSSR count). The maximum Gasteiger partial charge on any atom is 0.267 e. The maximum absolute atomic E-state index is 13.7. The Kier molecular flexibility index (Phi) is 3.14. The Labute approximate surface area is 95.3 Å². The van der Waals surface area contributed by atoms with Crippen LogP contribution in [0.2, 0.25) is 12.6 Å². The molecular weight excluding hydrogens is 202 g/mol. The fraction of sp³-hybridized carbons (Fsp3) is 0.417. The average Bonchev–Trinajstić information content (AvgIpc) is 2.29. The zero-order valence-electron chi connectivity index (χ0n) is 9.12. The number of benzene rings is 1. The third kappa shape index (κ3) is 2.19. The first-order valence-electron chi connectivity index (χ1n) is 5.65. The van der Waals surface area contributed by atoms with Crippen molar-refractivity contribution in [2.45, 2.75) is 31.4 Å². The van der Waals surface area contributed by atoms with E-state index in [1.165, 1.54) is 6.07 Å². The predicted molar refractivity (Wildman–Crippen MR) is 63.8 cm³/mol. The highest BCUT2D eigenvalue weighted by Gasteiger charge is 2.26. The molecule has 2 nitrogen and oxygen atoms in total. The van der Waals surface area contributed by atoms with Crippen LogP contribution in [0.1, 0.15) is 24.3 Å². The summed E-state index contributed by atoms with van der Waals surface area (Å²) in [6.45, 7) is 0.160. The molecule has 4 heteroatoms. The topological polar surface area (TPSA) is 49.8 Å². The van der Waals surface area contributed by atoms with Gasteiger partial charge in [-0.05, 0) is 23.6 Å². The van der Waals surface area contributed by atoms with E-state index in [0.29, 0.717) is 5.69 Å². The molecule has 0 aromatic heterocycles. The van der Waals surface area contributed by atoms with Gasteiger partial charge in [-0.1, -0.05) is 31.5 Å². The first-order chi connectivity index (χ1) is 7.70. The monoisotopic (exact) mass is 216 g/mol. The fourth-order valence-electron chi connectivity index (χ4n) is 2.41. The molecule has 82 valence electrons. The van der Waals surface area contributed by atoms with E-state index in [9.17, 15) is 4.39 Å². The average molecular weight is 216 g/mol. The first kappa shape index (κ1) is 11.0. The van der Waals surface area contributed by atoms with Gasteiger partial charge in [-0.3, -0.25) is 0 Å². The van der Waals surface area contributed by atoms with E-state index in [1.54, 1.807) is 12.1 Å². The minimum Gasteiger partial charge on any atom is -0.399 e. The summed E-state index contributed by atoms with van der Waals surface area (Å²) in [5, 5.41) is 8.80. The van der Waals surface area contributed by atoms with Gasteiger partial charge in [0.1, 0.15) is 5.82 Å². The van der Waals surface area contributed by atoms with Crippen molar-refractivity contribution in [3.63, 3.8) is 0 Å². The third-order valence-electron chi connectivity index (χ3n) is 3.37. The quantitative estimate of drug-likeness (QED) is 0.579. The van der Waals surface area contributed by atoms with E-state index in [4.69, 9.17) is 11.0 Å². The summed E-state index contributed by atoms with van der Waals surface area (Å²) in [6.07, 6.45) is 3.56. The molecule has 1 saturated heterocycles. The Hall–Kier alpha value is -1.50. The van der Waals surface area contributed by atoms with Gasteiger partial charge in [-0.2, -0.15) is 0 Å². The van der Waals surface area contributed by atoms with E-state index in [0.717, 1.165) is 31.0 Å². The molecule has 1 aromatic carbocycles. The van der Waals surface area contributed by atoms with E-state index in [2.05, 4.69) is 5.97 Å². The summed E-state index contributed by atoms with van der Waals surface area (Å²) in [6, 6.07) is 4.91. The summed E-state index contributed by atoms with van der Waals surface area (Å²) >= 11 is 0. The number of rotatable bonds is 1. The zero-order chi connectivity index (χ0) is 11.5. The molecule has 1 aliphatic heterocycles. The standard InChI is InChI=1S/C12H14BFN2/c14-12-7-10(16)1-2-11(12)9-3-5-13(8-15)6-4-9/h1-2,7,9H,3-6,16H2. The van der Waals surface area contributed by atoms with E-state index >= 15 is 0 Å². The van der Waals surface area contributed by atoms with Crippen molar-refractivity contribution in [2.24, 2.45) is 0 Å². The van der Waals surface area contributed by atoms with Gasteiger partial charge in [-0.25, -0.2) is 9.65 Å². The molecule has 0 atom stereocenters. The summed E-state index contributed by atoms with van der Waals surface area (Å²) in [4.78, 5) is 0. The molecule has 0 aliphatic carbocycles. The third-order valence-corrected chi connectivity index (χ3v) is 3.37. The Morgan fingerprint density at radius 3 is 2.62 bits per heavy atom. The minimum absolute atomic E-state index is 0.160. The lowest BCUT2D eigenvalue weighted by atomic mass is 9.41. The number of nitrogens with zero attached hydrogens (tertiary/aromatic N) is 1. The van der Waals surface area contributed by atoms with Gasteiger partial charge < -0.3 is 5.73 Å². The Morgan fingerprint density at radius 2 is 2.06 bits per heavy atom. The van der Waals surface area contributed by atoms with Gasteiger partial charge in [0.25, 0.3) is 6.71 Å². The Morgan fingerprint density at radius 1 is 1.38 bits per heavy atom. The maximum atomic E-state index is 13.7. The Bertz CT molecular complexity index is 420. The van der Waals surface area contributed by atoms with Crippen molar-refractivity contribution in [1.82, 2.24) is 0 Å². The molecule has 0 radical (unpaired) electrons. The lowest BCUT2D eigenvalue weighted by Crippen LogP contribution is -2.19. The molecule has 1 aromatic rings. The van der Waals surface area contributed by atoms with Crippen LogP contribution in [0.15, 0.2) is 18.2 Å². The highest BCUT2D eigenvalue weighted by molar-refractivity contribution is 6.67. The van der Waals surface area contributed by atoms with Crippen LogP contribution in [-0.4, -0.2) is 6.71 Å². The predicted octanol–water partition coefficient (Wildman–Crippen LogP) is 2.84. The lowest BCUT2D eigenvalue weighted by Gasteiger charge is -2.23. The second-order valence-corrected chi connectivity index (χ2v) is 4.46. The lowest BCUT2D eigenvalue weighted by molar-refractivity contribution is 0.546. The van der Waals surface area contributed by atoms with Crippen molar-refractivity contribution in [1.29, 1.82) is 5.26 Å². The highest BCUT2D eigenvalue weighted by Crippen LogP contribution is 2.34. The van der Waals surface area contributed by atoms with Crippen LogP contribution in [-0.2, 0) is 0 Å². The van der Waals surface area contributed by atoms with Gasteiger partial charge >= 0.3 is 0 Å². The molecule has 0 amide bonds. The molecule has 1 aliphatic rings. The van der Waals surface area contributed by atoms with Crippen molar-refractivity contribution in [3.05, 3.63) is 29.6 Å². The van der Waals surface area contributed by atoms with Gasteiger partial charge in [0.05, 0.1) is 0 Å². The molecule has 1 heterocycles. The minimum atomic E-state index is -0.208. The van der Waals surface area contributed by atoms with E-state index < -0.39 is 0 Å². The van der Waals surface area contributed by atoms with Gasteiger partial charge in [0.2, 0.25) is 0 Å². The number of nitrogens with two attached hydrogens (primary N) is 1. The highest BCUT2D eigenvalue weighted by atomic mass is 19.1. The molecule has 16 heavy (non-hydrogen) atoms. The molecule has 0 unspecified atom stereocenters. The van der Waals surface area contributed by atoms with Gasteiger partial charge in [0, 0.05) is 11.7 Å². The molecule has 0 bridgehead atoms. The summed E-state index contributed by atoms with van der Waals surface area (Å²) in [5.41, 5.74) is 6.74. The summed E-state index contributed by atoms with van der Waals surface area (Å²) in [5.74, 6) is 2.33. The van der Waals surface area contributed by atoms with Crippen molar-refractivity contribution in [3.8, 4) is 5.97 Å². The number of nitriles is 1. The molecule has 0 spiro atoms. The number of hydrogen-bond donors (Lipinski definition) is 1. The summed E-state index contributed by atoms with van der Waals surface area (Å²) < 4.78 is 13.7. The van der Waals surface area contributed by atoms with Crippen LogP contribution in [0.5, 0.6) is 0 Å². The molecule has 2 N–H and O–H groups in total. The Balaban J connectivity index is 2.12. The largest absolute Gasteiger partial charge is 0.399 e. The SMILES string of the molecule is N#CB1CCC(c2ccc(N)cc2F)CC1. The smallest absolute Gasteiger partial charge is 0.267 e. The van der Waals surface area contributed by atoms with E-state index in [1.807, 2.05) is 0 Å². The second kappa shape index (κ2) is 4.57. The number of nitrogen functional groups attached to an aromatic ring is 1. The molecule has 0 saturated carbocycles. The normalized spacial score (nSPS) is 17.1. The molecular formula is C12H14BFN2. The van der Waals surface area contributed by atoms with E-state index in [-0.39, 0.29) is 18.4 Å². The number of hydrogen-bond acceptors (Lipinski definition) is 2. The van der Waals surface area contributed by atoms with Crippen LogP contribution >= 0.6 is 0 Å². The number of halogens is 1. The van der Waals surface area contributed by atoms with Crippen molar-refractivity contribution in [2.75, 3.05) is 5.73 Å². The zero-order valence-corrected chi connectivity index (χ0v) is 9.12. The van der Waals surface area contributed by atoms with Gasteiger partial charge in [0.15, 0.2) is 0 Å². The fourth-order valence-corrected chi connectivity index (χ4v) is 2.41. The van der Waals surface area contributed by atoms with Crippen LogP contribution in [0.4, 0.5) is 10.1 Å². The first-order valence-corrected chi connectivity index (χ1v) is 5.65.